The predicted molar refractivity (Wildman–Crippen MR) is 74.3 cm³/mol. The molecule has 3 rings (SSSR count). The molecule has 0 unspecified atom stereocenters. The Hall–Kier alpha value is -0.890. The number of fused-ring (bicyclic) bond motifs is 1. The minimum absolute atomic E-state index is 0.862. The second-order valence-electron chi connectivity index (χ2n) is 3.34. The molecule has 2 aromatic heterocycles. The summed E-state index contributed by atoms with van der Waals surface area (Å²) < 4.78 is 1.33. The molecule has 0 amide bonds. The molecular formula is C14H21NS. The minimum Gasteiger partial charge on any atom is -0.263 e. The molecule has 2 heterocycles. The van der Waals surface area contributed by atoms with Crippen molar-refractivity contribution in [3.63, 3.8) is 0 Å². The van der Waals surface area contributed by atoms with Gasteiger partial charge in [-0.3, -0.25) is 4.98 Å². The standard InChI is InChI=1S/C10H9NS.2C2H6/c1-2-7(1)9-6-12-10-5-11-4-3-8(9)10;2*1-2/h3-7H,1-2H2;2*1-2H3. The maximum absolute atomic E-state index is 4.12. The van der Waals surface area contributed by atoms with Gasteiger partial charge in [-0.15, -0.1) is 11.3 Å². The van der Waals surface area contributed by atoms with Crippen LogP contribution in [0.5, 0.6) is 0 Å². The summed E-state index contributed by atoms with van der Waals surface area (Å²) in [6.45, 7) is 8.00. The number of nitrogens with zero attached hydrogens (tertiary/aromatic N) is 1. The molecule has 0 aliphatic heterocycles. The topological polar surface area (TPSA) is 12.9 Å². The second-order valence-corrected chi connectivity index (χ2v) is 4.25. The van der Waals surface area contributed by atoms with E-state index in [1.54, 1.807) is 5.56 Å². The molecule has 88 valence electrons. The van der Waals surface area contributed by atoms with Gasteiger partial charge in [-0.05, 0) is 41.2 Å². The SMILES string of the molecule is CC.CC.c1cc2c(C3CC3)csc2cn1. The van der Waals surface area contributed by atoms with Gasteiger partial charge < -0.3 is 0 Å². The third-order valence-electron chi connectivity index (χ3n) is 2.43. The highest BCUT2D eigenvalue weighted by molar-refractivity contribution is 7.17. The van der Waals surface area contributed by atoms with E-state index in [0.29, 0.717) is 0 Å². The van der Waals surface area contributed by atoms with Crippen LogP contribution in [0, 0.1) is 0 Å². The van der Waals surface area contributed by atoms with Crippen LogP contribution in [0.2, 0.25) is 0 Å². The van der Waals surface area contributed by atoms with Crippen LogP contribution in [-0.4, -0.2) is 4.98 Å². The van der Waals surface area contributed by atoms with Crippen molar-refractivity contribution in [3.05, 3.63) is 29.4 Å². The largest absolute Gasteiger partial charge is 0.263 e. The molecule has 2 heteroatoms. The maximum Gasteiger partial charge on any atom is 0.0529 e. The van der Waals surface area contributed by atoms with Crippen LogP contribution in [0.1, 0.15) is 52.0 Å². The molecule has 1 nitrogen and oxygen atoms in total. The predicted octanol–water partition coefficient (Wildman–Crippen LogP) is 5.23. The summed E-state index contributed by atoms with van der Waals surface area (Å²) >= 11 is 1.82. The van der Waals surface area contributed by atoms with Crippen LogP contribution in [0.4, 0.5) is 0 Å². The summed E-state index contributed by atoms with van der Waals surface area (Å²) in [6.07, 6.45) is 6.62. The first-order valence-electron chi connectivity index (χ1n) is 6.26. The Labute approximate surface area is 103 Å². The number of hydrogen-bond acceptors (Lipinski definition) is 2. The smallest absolute Gasteiger partial charge is 0.0529 e. The van der Waals surface area contributed by atoms with E-state index in [2.05, 4.69) is 16.4 Å². The van der Waals surface area contributed by atoms with Gasteiger partial charge in [-0.25, -0.2) is 0 Å². The fourth-order valence-electron chi connectivity index (χ4n) is 1.61. The number of thiophene rings is 1. The van der Waals surface area contributed by atoms with Crippen LogP contribution in [0.25, 0.3) is 10.1 Å². The van der Waals surface area contributed by atoms with E-state index >= 15 is 0 Å². The number of aromatic nitrogens is 1. The van der Waals surface area contributed by atoms with E-state index < -0.39 is 0 Å². The van der Waals surface area contributed by atoms with E-state index in [0.717, 1.165) is 5.92 Å². The molecule has 1 saturated carbocycles. The Bertz CT molecular complexity index is 415. The van der Waals surface area contributed by atoms with Gasteiger partial charge in [-0.2, -0.15) is 0 Å². The van der Waals surface area contributed by atoms with E-state index in [-0.39, 0.29) is 0 Å². The Morgan fingerprint density at radius 1 is 1.19 bits per heavy atom. The highest BCUT2D eigenvalue weighted by atomic mass is 32.1. The van der Waals surface area contributed by atoms with Crippen LogP contribution in [-0.2, 0) is 0 Å². The van der Waals surface area contributed by atoms with E-state index in [9.17, 15) is 0 Å². The molecule has 0 aromatic carbocycles. The molecule has 1 fully saturated rings. The Morgan fingerprint density at radius 3 is 2.50 bits per heavy atom. The van der Waals surface area contributed by atoms with E-state index in [4.69, 9.17) is 0 Å². The number of rotatable bonds is 1. The van der Waals surface area contributed by atoms with Crippen molar-refractivity contribution < 1.29 is 0 Å². The van der Waals surface area contributed by atoms with Crippen molar-refractivity contribution >= 4 is 21.4 Å². The maximum atomic E-state index is 4.12. The Morgan fingerprint density at radius 2 is 1.88 bits per heavy atom. The Balaban J connectivity index is 0.000000291. The molecular weight excluding hydrogens is 214 g/mol. The van der Waals surface area contributed by atoms with Gasteiger partial charge in [0.15, 0.2) is 0 Å². The van der Waals surface area contributed by atoms with E-state index in [1.165, 1.54) is 22.9 Å². The summed E-state index contributed by atoms with van der Waals surface area (Å²) in [5, 5.41) is 3.72. The molecule has 2 aromatic rings. The van der Waals surface area contributed by atoms with Gasteiger partial charge in [0.2, 0.25) is 0 Å². The summed E-state index contributed by atoms with van der Waals surface area (Å²) in [6, 6.07) is 2.14. The van der Waals surface area contributed by atoms with Gasteiger partial charge in [0.25, 0.3) is 0 Å². The van der Waals surface area contributed by atoms with Crippen LogP contribution in [0.3, 0.4) is 0 Å². The van der Waals surface area contributed by atoms with Crippen LogP contribution >= 0.6 is 11.3 Å². The zero-order valence-corrected chi connectivity index (χ0v) is 11.5. The van der Waals surface area contributed by atoms with Crippen molar-refractivity contribution in [1.82, 2.24) is 4.98 Å². The van der Waals surface area contributed by atoms with E-state index in [1.807, 2.05) is 51.4 Å². The summed E-state index contributed by atoms with van der Waals surface area (Å²) in [7, 11) is 0. The summed E-state index contributed by atoms with van der Waals surface area (Å²) in [4.78, 5) is 4.12. The fraction of sp³-hybridized carbons (Fsp3) is 0.500. The first kappa shape index (κ1) is 13.2. The monoisotopic (exact) mass is 235 g/mol. The molecule has 16 heavy (non-hydrogen) atoms. The van der Waals surface area contributed by atoms with Crippen molar-refractivity contribution in [2.45, 2.75) is 46.5 Å². The quantitative estimate of drug-likeness (QED) is 0.660. The molecule has 0 saturated heterocycles. The van der Waals surface area contributed by atoms with Crippen LogP contribution < -0.4 is 0 Å². The lowest BCUT2D eigenvalue weighted by atomic mass is 10.1. The number of hydrogen-bond donors (Lipinski definition) is 0. The van der Waals surface area contributed by atoms with Gasteiger partial charge in [0.05, 0.1) is 4.70 Å². The third-order valence-corrected chi connectivity index (χ3v) is 3.38. The summed E-state index contributed by atoms with van der Waals surface area (Å²) in [5.41, 5.74) is 1.55. The lowest BCUT2D eigenvalue weighted by molar-refractivity contribution is 1.16. The zero-order chi connectivity index (χ0) is 12.0. The minimum atomic E-state index is 0.862. The molecule has 0 atom stereocenters. The van der Waals surface area contributed by atoms with Gasteiger partial charge in [-0.1, -0.05) is 27.7 Å². The normalized spacial score (nSPS) is 13.5. The van der Waals surface area contributed by atoms with Crippen molar-refractivity contribution in [2.24, 2.45) is 0 Å². The third kappa shape index (κ3) is 2.82. The first-order valence-corrected chi connectivity index (χ1v) is 7.14. The summed E-state index contributed by atoms with van der Waals surface area (Å²) in [5.74, 6) is 0.862. The lowest BCUT2D eigenvalue weighted by Gasteiger charge is -1.92. The number of pyridine rings is 1. The van der Waals surface area contributed by atoms with Gasteiger partial charge in [0, 0.05) is 12.4 Å². The average Bonchev–Trinajstić information content (AvgIpc) is 3.14. The average molecular weight is 235 g/mol. The van der Waals surface area contributed by atoms with Gasteiger partial charge >= 0.3 is 0 Å². The fourth-order valence-corrected chi connectivity index (χ4v) is 2.62. The van der Waals surface area contributed by atoms with Gasteiger partial charge in [0.1, 0.15) is 0 Å². The molecule has 0 bridgehead atoms. The van der Waals surface area contributed by atoms with Crippen LogP contribution in [0.15, 0.2) is 23.8 Å². The molecule has 0 spiro atoms. The van der Waals surface area contributed by atoms with Crippen molar-refractivity contribution in [1.29, 1.82) is 0 Å². The molecule has 1 aliphatic rings. The molecule has 0 radical (unpaired) electrons. The highest BCUT2D eigenvalue weighted by Gasteiger charge is 2.25. The molecule has 0 N–H and O–H groups in total. The van der Waals surface area contributed by atoms with Crippen molar-refractivity contribution in [2.75, 3.05) is 0 Å². The molecule has 1 aliphatic carbocycles. The lowest BCUT2D eigenvalue weighted by Crippen LogP contribution is -1.74. The zero-order valence-electron chi connectivity index (χ0n) is 10.7. The second kappa shape index (κ2) is 6.64. The van der Waals surface area contributed by atoms with Crippen molar-refractivity contribution in [3.8, 4) is 0 Å². The Kier molecular flexibility index (Phi) is 5.47. The highest BCUT2D eigenvalue weighted by Crippen LogP contribution is 2.44. The first-order chi connectivity index (χ1) is 7.95.